The molecule has 2 nitrogen and oxygen atoms in total. The molecule has 1 heterocycles. The molecule has 1 aromatic heterocycles. The molecule has 0 saturated heterocycles. The van der Waals surface area contributed by atoms with E-state index in [4.69, 9.17) is 4.42 Å². The monoisotopic (exact) mass is 160 g/mol. The van der Waals surface area contributed by atoms with E-state index in [1.54, 1.807) is 12.1 Å². The molecule has 0 bridgehead atoms. The van der Waals surface area contributed by atoms with Crippen molar-refractivity contribution in [3.05, 3.63) is 45.3 Å². The zero-order chi connectivity index (χ0) is 8.39. The maximum atomic E-state index is 11.2. The van der Waals surface area contributed by atoms with Gasteiger partial charge in [-0.3, -0.25) is 0 Å². The molecular weight excluding hydrogens is 152 g/mol. The van der Waals surface area contributed by atoms with Crippen LogP contribution < -0.4 is 16.1 Å². The Bertz CT molecular complexity index is 477. The largest absolute Gasteiger partial charge is 0.431 e. The minimum absolute atomic E-state index is 0.268. The maximum absolute atomic E-state index is 11.2. The quantitative estimate of drug-likeness (QED) is 0.541. The van der Waals surface area contributed by atoms with Gasteiger partial charge in [-0.2, -0.15) is 0 Å². The van der Waals surface area contributed by atoms with E-state index in [1.807, 2.05) is 18.2 Å². The summed E-state index contributed by atoms with van der Waals surface area (Å²) >= 11 is 0. The second kappa shape index (κ2) is 2.81. The third-order valence-corrected chi connectivity index (χ3v) is 1.83. The number of rotatable bonds is 0. The number of hydrogen-bond acceptors (Lipinski definition) is 2. The van der Waals surface area contributed by atoms with E-state index in [1.165, 1.54) is 6.26 Å². The minimum atomic E-state index is -0.268. The van der Waals surface area contributed by atoms with Crippen LogP contribution in [0.15, 0.2) is 33.7 Å². The molecule has 0 unspecified atom stereocenters. The highest BCUT2D eigenvalue weighted by Gasteiger charge is 1.92. The van der Waals surface area contributed by atoms with Crippen LogP contribution in [0.2, 0.25) is 0 Å². The Hall–Kier alpha value is -1.57. The van der Waals surface area contributed by atoms with Gasteiger partial charge < -0.3 is 4.42 Å². The normalized spacial score (nSPS) is 14.0. The smallest absolute Gasteiger partial charge is 0.343 e. The molecule has 1 aromatic rings. The van der Waals surface area contributed by atoms with Gasteiger partial charge >= 0.3 is 5.63 Å². The number of allylic oxidation sites excluding steroid dienone is 2. The Morgan fingerprint density at radius 3 is 3.25 bits per heavy atom. The molecule has 1 aliphatic rings. The number of hydrogen-bond donors (Lipinski definition) is 0. The van der Waals surface area contributed by atoms with Crippen molar-refractivity contribution >= 4 is 12.2 Å². The standard InChI is InChI=1S/C10H8O2/c11-10-9-5-3-1-2-4-8(9)6-7-12-10/h1,3-7H,2H2. The van der Waals surface area contributed by atoms with Crippen molar-refractivity contribution in [3.8, 4) is 0 Å². The van der Waals surface area contributed by atoms with Crippen LogP contribution in [0.1, 0.15) is 6.42 Å². The molecule has 0 saturated carbocycles. The summed E-state index contributed by atoms with van der Waals surface area (Å²) in [4.78, 5) is 11.2. The topological polar surface area (TPSA) is 30.2 Å². The lowest BCUT2D eigenvalue weighted by Crippen LogP contribution is -2.37. The molecule has 0 aliphatic heterocycles. The molecule has 0 spiro atoms. The van der Waals surface area contributed by atoms with E-state index in [0.717, 1.165) is 11.6 Å². The van der Waals surface area contributed by atoms with Crippen LogP contribution in [-0.2, 0) is 0 Å². The molecule has 0 atom stereocenters. The van der Waals surface area contributed by atoms with Gasteiger partial charge in [0.15, 0.2) is 0 Å². The first-order valence-electron chi connectivity index (χ1n) is 3.83. The first kappa shape index (κ1) is 7.10. The van der Waals surface area contributed by atoms with Crippen LogP contribution in [0, 0.1) is 0 Å². The third kappa shape index (κ3) is 1.11. The Kier molecular flexibility index (Phi) is 1.67. The summed E-state index contributed by atoms with van der Waals surface area (Å²) in [6, 6.07) is 1.81. The average molecular weight is 160 g/mol. The van der Waals surface area contributed by atoms with Crippen molar-refractivity contribution < 1.29 is 4.42 Å². The molecule has 1 aliphatic carbocycles. The van der Waals surface area contributed by atoms with Crippen molar-refractivity contribution in [1.29, 1.82) is 0 Å². The fourth-order valence-electron chi connectivity index (χ4n) is 1.22. The van der Waals surface area contributed by atoms with Crippen LogP contribution in [0.25, 0.3) is 12.2 Å². The van der Waals surface area contributed by atoms with Crippen LogP contribution in [0.4, 0.5) is 0 Å². The van der Waals surface area contributed by atoms with Gasteiger partial charge in [-0.05, 0) is 23.8 Å². The first-order chi connectivity index (χ1) is 5.88. The first-order valence-corrected chi connectivity index (χ1v) is 3.83. The lowest BCUT2D eigenvalue weighted by atomic mass is 10.3. The van der Waals surface area contributed by atoms with E-state index >= 15 is 0 Å². The average Bonchev–Trinajstić information content (AvgIpc) is 2.30. The van der Waals surface area contributed by atoms with Gasteiger partial charge in [-0.15, -0.1) is 0 Å². The highest BCUT2D eigenvalue weighted by molar-refractivity contribution is 5.42. The van der Waals surface area contributed by atoms with Gasteiger partial charge in [0.2, 0.25) is 0 Å². The number of fused-ring (bicyclic) bond motifs is 1. The summed E-state index contributed by atoms with van der Waals surface area (Å²) in [6.07, 6.45) is 9.96. The third-order valence-electron chi connectivity index (χ3n) is 1.83. The fourth-order valence-corrected chi connectivity index (χ4v) is 1.22. The Labute approximate surface area is 69.1 Å². The van der Waals surface area contributed by atoms with Crippen LogP contribution >= 0.6 is 0 Å². The molecule has 2 rings (SSSR count). The van der Waals surface area contributed by atoms with E-state index in [9.17, 15) is 4.79 Å². The lowest BCUT2D eigenvalue weighted by molar-refractivity contribution is 0.503. The van der Waals surface area contributed by atoms with Gasteiger partial charge in [0.25, 0.3) is 0 Å². The van der Waals surface area contributed by atoms with Gasteiger partial charge in [-0.25, -0.2) is 4.79 Å². The van der Waals surface area contributed by atoms with Crippen LogP contribution in [0.3, 0.4) is 0 Å². The molecule has 0 N–H and O–H groups in total. The summed E-state index contributed by atoms with van der Waals surface area (Å²) in [5, 5.41) is 1.60. The SMILES string of the molecule is O=c1occc2c1=CC=CCC=2. The Balaban J connectivity index is 2.96. The minimum Gasteiger partial charge on any atom is -0.431 e. The summed E-state index contributed by atoms with van der Waals surface area (Å²) < 4.78 is 4.74. The Morgan fingerprint density at radius 2 is 2.33 bits per heavy atom. The molecular formula is C10H8O2. The van der Waals surface area contributed by atoms with E-state index in [0.29, 0.717) is 5.22 Å². The molecule has 12 heavy (non-hydrogen) atoms. The van der Waals surface area contributed by atoms with Crippen molar-refractivity contribution in [2.75, 3.05) is 0 Å². The van der Waals surface area contributed by atoms with Crippen molar-refractivity contribution in [2.45, 2.75) is 6.42 Å². The van der Waals surface area contributed by atoms with Crippen LogP contribution in [0.5, 0.6) is 0 Å². The predicted octanol–water partition coefficient (Wildman–Crippen LogP) is 0.161. The summed E-state index contributed by atoms with van der Waals surface area (Å²) in [7, 11) is 0. The highest BCUT2D eigenvalue weighted by Crippen LogP contribution is 1.86. The molecule has 2 heteroatoms. The molecule has 0 aromatic carbocycles. The Morgan fingerprint density at radius 1 is 1.42 bits per heavy atom. The zero-order valence-corrected chi connectivity index (χ0v) is 6.49. The lowest BCUT2D eigenvalue weighted by Gasteiger charge is -1.84. The van der Waals surface area contributed by atoms with E-state index < -0.39 is 0 Å². The maximum Gasteiger partial charge on any atom is 0.343 e. The van der Waals surface area contributed by atoms with Crippen molar-refractivity contribution in [1.82, 2.24) is 0 Å². The van der Waals surface area contributed by atoms with E-state index in [-0.39, 0.29) is 5.63 Å². The zero-order valence-electron chi connectivity index (χ0n) is 6.49. The molecule has 60 valence electrons. The van der Waals surface area contributed by atoms with Gasteiger partial charge in [-0.1, -0.05) is 18.2 Å². The summed E-state index contributed by atoms with van der Waals surface area (Å²) in [5.74, 6) is 0. The van der Waals surface area contributed by atoms with Gasteiger partial charge in [0.05, 0.1) is 11.5 Å². The van der Waals surface area contributed by atoms with Crippen LogP contribution in [-0.4, -0.2) is 0 Å². The molecule has 0 radical (unpaired) electrons. The highest BCUT2D eigenvalue weighted by atomic mass is 16.4. The van der Waals surface area contributed by atoms with Gasteiger partial charge in [0, 0.05) is 0 Å². The fraction of sp³-hybridized carbons (Fsp3) is 0.100. The second-order valence-corrected chi connectivity index (χ2v) is 2.61. The summed E-state index contributed by atoms with van der Waals surface area (Å²) in [5.41, 5.74) is -0.268. The van der Waals surface area contributed by atoms with E-state index in [2.05, 4.69) is 0 Å². The van der Waals surface area contributed by atoms with Crippen molar-refractivity contribution in [3.63, 3.8) is 0 Å². The van der Waals surface area contributed by atoms with Gasteiger partial charge in [0.1, 0.15) is 0 Å². The second-order valence-electron chi connectivity index (χ2n) is 2.61. The predicted molar refractivity (Wildman–Crippen MR) is 46.9 cm³/mol. The molecule has 0 amide bonds. The summed E-state index contributed by atoms with van der Waals surface area (Å²) in [6.45, 7) is 0. The van der Waals surface area contributed by atoms with Crippen molar-refractivity contribution in [2.24, 2.45) is 0 Å². The molecule has 0 fully saturated rings.